The average Bonchev–Trinajstić information content (AvgIpc) is 2.67. The van der Waals surface area contributed by atoms with Crippen LogP contribution in [0.5, 0.6) is 0 Å². The fourth-order valence-electron chi connectivity index (χ4n) is 1.21. The fourth-order valence-corrected chi connectivity index (χ4v) is 1.21. The van der Waals surface area contributed by atoms with E-state index in [0.29, 0.717) is 17.1 Å². The molecule has 0 aliphatic rings. The van der Waals surface area contributed by atoms with Gasteiger partial charge in [0.25, 0.3) is 5.89 Å². The van der Waals surface area contributed by atoms with Crippen LogP contribution in [0.1, 0.15) is 18.9 Å². The number of benzene rings is 1. The Bertz CT molecular complexity index is 465. The summed E-state index contributed by atoms with van der Waals surface area (Å²) in [5, 5.41) is 13.0. The molecule has 0 radical (unpaired) electrons. The molecule has 5 nitrogen and oxygen atoms in total. The van der Waals surface area contributed by atoms with E-state index in [0.717, 1.165) is 0 Å². The lowest BCUT2D eigenvalue weighted by Crippen LogP contribution is -1.92. The molecule has 0 spiro atoms. The van der Waals surface area contributed by atoms with Crippen LogP contribution >= 0.6 is 0 Å². The van der Waals surface area contributed by atoms with Gasteiger partial charge in [0.1, 0.15) is 6.10 Å². The van der Waals surface area contributed by atoms with Crippen LogP contribution in [0.2, 0.25) is 0 Å². The Hall–Kier alpha value is -1.88. The van der Waals surface area contributed by atoms with Crippen LogP contribution in [0.25, 0.3) is 11.4 Å². The highest BCUT2D eigenvalue weighted by molar-refractivity contribution is 5.70. The second-order valence-corrected chi connectivity index (χ2v) is 3.22. The molecule has 1 atom stereocenters. The van der Waals surface area contributed by atoms with Crippen molar-refractivity contribution in [3.05, 3.63) is 30.2 Å². The first-order chi connectivity index (χ1) is 7.18. The SMILES string of the molecule is CC(O)c1nc(-c2ccccc2N)no1. The minimum Gasteiger partial charge on any atom is -0.398 e. The summed E-state index contributed by atoms with van der Waals surface area (Å²) in [6, 6.07) is 7.22. The highest BCUT2D eigenvalue weighted by Gasteiger charge is 2.13. The second-order valence-electron chi connectivity index (χ2n) is 3.22. The van der Waals surface area contributed by atoms with Crippen molar-refractivity contribution in [1.29, 1.82) is 0 Å². The van der Waals surface area contributed by atoms with Crippen LogP contribution in [0.4, 0.5) is 5.69 Å². The van der Waals surface area contributed by atoms with E-state index >= 15 is 0 Å². The zero-order valence-corrected chi connectivity index (χ0v) is 8.21. The molecule has 1 heterocycles. The summed E-state index contributed by atoms with van der Waals surface area (Å²) in [7, 11) is 0. The topological polar surface area (TPSA) is 85.2 Å². The summed E-state index contributed by atoms with van der Waals surface area (Å²) in [6.45, 7) is 1.56. The Morgan fingerprint density at radius 2 is 2.13 bits per heavy atom. The van der Waals surface area contributed by atoms with E-state index in [9.17, 15) is 5.11 Å². The van der Waals surface area contributed by atoms with Crippen molar-refractivity contribution in [2.75, 3.05) is 5.73 Å². The maximum atomic E-state index is 9.23. The van der Waals surface area contributed by atoms with Crippen molar-refractivity contribution in [2.24, 2.45) is 0 Å². The first-order valence-corrected chi connectivity index (χ1v) is 4.55. The molecule has 0 aliphatic carbocycles. The van der Waals surface area contributed by atoms with Gasteiger partial charge in [-0.1, -0.05) is 17.3 Å². The molecule has 0 saturated carbocycles. The lowest BCUT2D eigenvalue weighted by atomic mass is 10.2. The lowest BCUT2D eigenvalue weighted by Gasteiger charge is -1.98. The molecule has 1 aromatic heterocycles. The van der Waals surface area contributed by atoms with Crippen molar-refractivity contribution < 1.29 is 9.63 Å². The number of aliphatic hydroxyl groups excluding tert-OH is 1. The maximum absolute atomic E-state index is 9.23. The van der Waals surface area contributed by atoms with E-state index in [1.807, 2.05) is 12.1 Å². The minimum atomic E-state index is -0.767. The van der Waals surface area contributed by atoms with E-state index in [4.69, 9.17) is 10.3 Å². The molecule has 3 N–H and O–H groups in total. The Morgan fingerprint density at radius 1 is 1.40 bits per heavy atom. The number of hydrogen-bond acceptors (Lipinski definition) is 5. The number of nitrogens with two attached hydrogens (primary N) is 1. The fraction of sp³-hybridized carbons (Fsp3) is 0.200. The number of para-hydroxylation sites is 1. The Kier molecular flexibility index (Phi) is 2.39. The van der Waals surface area contributed by atoms with Crippen molar-refractivity contribution in [3.8, 4) is 11.4 Å². The van der Waals surface area contributed by atoms with Crippen molar-refractivity contribution in [2.45, 2.75) is 13.0 Å². The number of aliphatic hydroxyl groups is 1. The number of anilines is 1. The average molecular weight is 205 g/mol. The molecular weight excluding hydrogens is 194 g/mol. The standard InChI is InChI=1S/C10H11N3O2/c1-6(14)10-12-9(13-15-10)7-4-2-3-5-8(7)11/h2-6,14H,11H2,1H3. The van der Waals surface area contributed by atoms with Gasteiger partial charge in [0.15, 0.2) is 0 Å². The molecule has 0 bridgehead atoms. The van der Waals surface area contributed by atoms with Gasteiger partial charge in [-0.05, 0) is 19.1 Å². The largest absolute Gasteiger partial charge is 0.398 e. The van der Waals surface area contributed by atoms with Crippen LogP contribution < -0.4 is 5.73 Å². The summed E-state index contributed by atoms with van der Waals surface area (Å²) < 4.78 is 4.87. The number of nitrogen functional groups attached to an aromatic ring is 1. The van der Waals surface area contributed by atoms with Crippen LogP contribution in [0, 0.1) is 0 Å². The van der Waals surface area contributed by atoms with Crippen LogP contribution in [0.15, 0.2) is 28.8 Å². The van der Waals surface area contributed by atoms with Crippen molar-refractivity contribution >= 4 is 5.69 Å². The van der Waals surface area contributed by atoms with Crippen LogP contribution in [-0.2, 0) is 0 Å². The number of nitrogens with zero attached hydrogens (tertiary/aromatic N) is 2. The molecular formula is C10H11N3O2. The second kappa shape index (κ2) is 3.70. The highest BCUT2D eigenvalue weighted by Crippen LogP contribution is 2.23. The number of hydrogen-bond donors (Lipinski definition) is 2. The maximum Gasteiger partial charge on any atom is 0.255 e. The van der Waals surface area contributed by atoms with Gasteiger partial charge in [0.05, 0.1) is 0 Å². The summed E-state index contributed by atoms with van der Waals surface area (Å²) in [5.74, 6) is 0.581. The molecule has 0 fully saturated rings. The van der Waals surface area contributed by atoms with E-state index in [2.05, 4.69) is 10.1 Å². The molecule has 5 heteroatoms. The van der Waals surface area contributed by atoms with Gasteiger partial charge in [0.2, 0.25) is 5.82 Å². The van der Waals surface area contributed by atoms with Crippen molar-refractivity contribution in [1.82, 2.24) is 10.1 Å². The van der Waals surface area contributed by atoms with E-state index in [1.54, 1.807) is 19.1 Å². The molecule has 0 aliphatic heterocycles. The first kappa shape index (κ1) is 9.67. The third kappa shape index (κ3) is 1.82. The lowest BCUT2D eigenvalue weighted by molar-refractivity contribution is 0.152. The Morgan fingerprint density at radius 3 is 2.73 bits per heavy atom. The minimum absolute atomic E-state index is 0.188. The molecule has 2 rings (SSSR count). The molecule has 0 amide bonds. The van der Waals surface area contributed by atoms with Crippen molar-refractivity contribution in [3.63, 3.8) is 0 Å². The monoisotopic (exact) mass is 205 g/mol. The van der Waals surface area contributed by atoms with Gasteiger partial charge in [0, 0.05) is 11.3 Å². The summed E-state index contributed by atoms with van der Waals surface area (Å²) in [4.78, 5) is 4.03. The number of rotatable bonds is 2. The van der Waals surface area contributed by atoms with Gasteiger partial charge in [-0.15, -0.1) is 0 Å². The van der Waals surface area contributed by atoms with Crippen LogP contribution in [-0.4, -0.2) is 15.2 Å². The van der Waals surface area contributed by atoms with Gasteiger partial charge in [-0.3, -0.25) is 0 Å². The molecule has 78 valence electrons. The summed E-state index contributed by atoms with van der Waals surface area (Å²) in [5.41, 5.74) is 7.03. The zero-order valence-electron chi connectivity index (χ0n) is 8.21. The summed E-state index contributed by atoms with van der Waals surface area (Å²) >= 11 is 0. The number of aromatic nitrogens is 2. The predicted molar refractivity (Wildman–Crippen MR) is 54.8 cm³/mol. The Labute approximate surface area is 86.5 Å². The third-order valence-electron chi connectivity index (χ3n) is 2.00. The zero-order chi connectivity index (χ0) is 10.8. The van der Waals surface area contributed by atoms with E-state index in [-0.39, 0.29) is 5.89 Å². The normalized spacial score (nSPS) is 12.7. The van der Waals surface area contributed by atoms with Gasteiger partial charge in [-0.25, -0.2) is 0 Å². The van der Waals surface area contributed by atoms with E-state index < -0.39 is 6.10 Å². The third-order valence-corrected chi connectivity index (χ3v) is 2.00. The first-order valence-electron chi connectivity index (χ1n) is 4.55. The molecule has 2 aromatic rings. The molecule has 0 saturated heterocycles. The highest BCUT2D eigenvalue weighted by atomic mass is 16.5. The summed E-state index contributed by atoms with van der Waals surface area (Å²) in [6.07, 6.45) is -0.767. The van der Waals surface area contributed by atoms with Gasteiger partial charge < -0.3 is 15.4 Å². The molecule has 1 unspecified atom stereocenters. The van der Waals surface area contributed by atoms with Gasteiger partial charge >= 0.3 is 0 Å². The smallest absolute Gasteiger partial charge is 0.255 e. The molecule has 15 heavy (non-hydrogen) atoms. The van der Waals surface area contributed by atoms with Gasteiger partial charge in [-0.2, -0.15) is 4.98 Å². The predicted octanol–water partition coefficient (Wildman–Crippen LogP) is 1.37. The van der Waals surface area contributed by atoms with Crippen LogP contribution in [0.3, 0.4) is 0 Å². The quantitative estimate of drug-likeness (QED) is 0.723. The Balaban J connectivity index is 2.42. The van der Waals surface area contributed by atoms with E-state index in [1.165, 1.54) is 0 Å². The molecule has 1 aromatic carbocycles.